The Balaban J connectivity index is 1.56. The molecule has 1 unspecified atom stereocenters. The van der Waals surface area contributed by atoms with Gasteiger partial charge in [0.1, 0.15) is 6.04 Å². The van der Waals surface area contributed by atoms with Gasteiger partial charge in [-0.2, -0.15) is 4.31 Å². The van der Waals surface area contributed by atoms with Crippen LogP contribution in [0.2, 0.25) is 0 Å². The minimum absolute atomic E-state index is 0.0916. The van der Waals surface area contributed by atoms with Gasteiger partial charge in [0.2, 0.25) is 10.0 Å². The fourth-order valence-electron chi connectivity index (χ4n) is 3.53. The van der Waals surface area contributed by atoms with Gasteiger partial charge >= 0.3 is 5.97 Å². The highest BCUT2D eigenvalue weighted by Crippen LogP contribution is 2.24. The van der Waals surface area contributed by atoms with E-state index in [4.69, 9.17) is 4.74 Å². The Morgan fingerprint density at radius 1 is 0.964 bits per heavy atom. The number of benzene rings is 2. The van der Waals surface area contributed by atoms with Gasteiger partial charge in [0.25, 0.3) is 0 Å². The van der Waals surface area contributed by atoms with Crippen LogP contribution in [0.4, 0.5) is 0 Å². The minimum atomic E-state index is -3.57. The molecule has 0 saturated carbocycles. The van der Waals surface area contributed by atoms with E-state index in [9.17, 15) is 13.2 Å². The van der Waals surface area contributed by atoms with Crippen LogP contribution in [0, 0.1) is 0 Å². The van der Waals surface area contributed by atoms with Crippen molar-refractivity contribution in [2.45, 2.75) is 43.9 Å². The van der Waals surface area contributed by atoms with E-state index in [1.54, 1.807) is 12.1 Å². The zero-order valence-corrected chi connectivity index (χ0v) is 16.8. The maximum Gasteiger partial charge on any atom is 0.324 e. The molecule has 0 N–H and O–H groups in total. The molecule has 150 valence electrons. The molecule has 2 aromatic rings. The summed E-state index contributed by atoms with van der Waals surface area (Å²) in [6.07, 6.45) is 3.67. The zero-order chi connectivity index (χ0) is 19.8. The maximum absolute atomic E-state index is 12.9. The molecule has 28 heavy (non-hydrogen) atoms. The first-order valence-electron chi connectivity index (χ1n) is 9.80. The van der Waals surface area contributed by atoms with E-state index in [0.717, 1.165) is 31.2 Å². The molecule has 2 aromatic carbocycles. The highest BCUT2D eigenvalue weighted by atomic mass is 32.2. The lowest BCUT2D eigenvalue weighted by molar-refractivity contribution is -0.149. The molecule has 0 aliphatic carbocycles. The molecule has 1 saturated heterocycles. The number of nitrogens with zero attached hydrogens (tertiary/aromatic N) is 1. The van der Waals surface area contributed by atoms with Crippen LogP contribution >= 0.6 is 0 Å². The minimum Gasteiger partial charge on any atom is -0.464 e. The van der Waals surface area contributed by atoms with Gasteiger partial charge in [0, 0.05) is 6.54 Å². The van der Waals surface area contributed by atoms with Crippen LogP contribution in [-0.2, 0) is 31.7 Å². The lowest BCUT2D eigenvalue weighted by Gasteiger charge is -2.33. The molecular weight excluding hydrogens is 374 g/mol. The van der Waals surface area contributed by atoms with Crippen LogP contribution in [0.15, 0.2) is 60.7 Å². The Labute approximate surface area is 167 Å². The molecule has 1 fully saturated rings. The van der Waals surface area contributed by atoms with Crippen LogP contribution < -0.4 is 0 Å². The summed E-state index contributed by atoms with van der Waals surface area (Å²) in [6, 6.07) is 18.4. The van der Waals surface area contributed by atoms with Crippen LogP contribution in [0.5, 0.6) is 0 Å². The van der Waals surface area contributed by atoms with E-state index >= 15 is 0 Å². The number of hydrogen-bond acceptors (Lipinski definition) is 4. The zero-order valence-electron chi connectivity index (χ0n) is 16.0. The van der Waals surface area contributed by atoms with Crippen molar-refractivity contribution in [2.75, 3.05) is 13.2 Å². The molecular formula is C22H27NO4S. The number of aryl methyl sites for hydroxylation is 1. The number of hydrogen-bond donors (Lipinski definition) is 0. The molecule has 1 aliphatic rings. The first-order chi connectivity index (χ1) is 13.6. The first-order valence-corrected chi connectivity index (χ1v) is 11.4. The van der Waals surface area contributed by atoms with Crippen LogP contribution in [-0.4, -0.2) is 37.9 Å². The predicted octanol–water partition coefficient (Wildman–Crippen LogP) is 3.55. The average Bonchev–Trinajstić information content (AvgIpc) is 2.72. The van der Waals surface area contributed by atoms with Crippen LogP contribution in [0.3, 0.4) is 0 Å². The number of carbonyl (C=O) groups is 1. The van der Waals surface area contributed by atoms with E-state index in [1.807, 2.05) is 48.5 Å². The van der Waals surface area contributed by atoms with Crippen LogP contribution in [0.25, 0.3) is 0 Å². The van der Waals surface area contributed by atoms with Gasteiger partial charge in [-0.05, 0) is 43.2 Å². The predicted molar refractivity (Wildman–Crippen MR) is 109 cm³/mol. The summed E-state index contributed by atoms with van der Waals surface area (Å²) in [4.78, 5) is 12.6. The summed E-state index contributed by atoms with van der Waals surface area (Å²) in [5.74, 6) is -0.518. The van der Waals surface area contributed by atoms with Crippen molar-refractivity contribution >= 4 is 16.0 Å². The second-order valence-corrected chi connectivity index (χ2v) is 9.04. The van der Waals surface area contributed by atoms with E-state index in [-0.39, 0.29) is 5.75 Å². The molecule has 1 atom stereocenters. The van der Waals surface area contributed by atoms with Gasteiger partial charge in [-0.1, -0.05) is 60.7 Å². The van der Waals surface area contributed by atoms with Gasteiger partial charge in [-0.25, -0.2) is 8.42 Å². The third-order valence-electron chi connectivity index (χ3n) is 4.97. The fourth-order valence-corrected chi connectivity index (χ4v) is 5.30. The molecule has 6 heteroatoms. The number of ether oxygens (including phenoxy) is 1. The summed E-state index contributed by atoms with van der Waals surface area (Å²) in [5, 5.41) is 0. The number of esters is 1. The Morgan fingerprint density at radius 3 is 2.29 bits per heavy atom. The standard InChI is InChI=1S/C22H27NO4S/c24-22(27-17-9-14-19-10-3-1-4-11-19)21-15-7-8-16-23(21)28(25,26)18-20-12-5-2-6-13-20/h1-6,10-13,21H,7-9,14-18H2. The molecule has 0 aromatic heterocycles. The second-order valence-electron chi connectivity index (χ2n) is 7.12. The largest absolute Gasteiger partial charge is 0.464 e. The molecule has 3 rings (SSSR count). The van der Waals surface area contributed by atoms with Crippen molar-refractivity contribution < 1.29 is 17.9 Å². The van der Waals surface area contributed by atoms with Crippen molar-refractivity contribution in [1.82, 2.24) is 4.31 Å². The third kappa shape index (κ3) is 5.66. The number of sulfonamides is 1. The number of piperidine rings is 1. The third-order valence-corrected chi connectivity index (χ3v) is 6.82. The van der Waals surface area contributed by atoms with Gasteiger partial charge in [-0.3, -0.25) is 4.79 Å². The normalized spacial score (nSPS) is 17.9. The first kappa shape index (κ1) is 20.6. The smallest absolute Gasteiger partial charge is 0.324 e. The van der Waals surface area contributed by atoms with E-state index in [1.165, 1.54) is 9.87 Å². The lowest BCUT2D eigenvalue weighted by atomic mass is 10.1. The quantitative estimate of drug-likeness (QED) is 0.501. The molecule has 0 bridgehead atoms. The van der Waals surface area contributed by atoms with Crippen molar-refractivity contribution in [3.05, 3.63) is 71.8 Å². The number of rotatable bonds is 8. The average molecular weight is 402 g/mol. The van der Waals surface area contributed by atoms with Crippen molar-refractivity contribution in [3.63, 3.8) is 0 Å². The molecule has 0 spiro atoms. The van der Waals surface area contributed by atoms with Gasteiger partial charge < -0.3 is 4.74 Å². The molecule has 1 heterocycles. The topological polar surface area (TPSA) is 63.7 Å². The SMILES string of the molecule is O=C(OCCCc1ccccc1)C1CCCCN1S(=O)(=O)Cc1ccccc1. The molecule has 0 amide bonds. The highest BCUT2D eigenvalue weighted by molar-refractivity contribution is 7.88. The monoisotopic (exact) mass is 401 g/mol. The van der Waals surface area contributed by atoms with Gasteiger partial charge in [-0.15, -0.1) is 0 Å². The number of carbonyl (C=O) groups excluding carboxylic acids is 1. The van der Waals surface area contributed by atoms with E-state index < -0.39 is 22.0 Å². The molecule has 0 radical (unpaired) electrons. The van der Waals surface area contributed by atoms with E-state index in [0.29, 0.717) is 19.6 Å². The van der Waals surface area contributed by atoms with Crippen LogP contribution in [0.1, 0.15) is 36.8 Å². The lowest BCUT2D eigenvalue weighted by Crippen LogP contribution is -2.49. The maximum atomic E-state index is 12.9. The summed E-state index contributed by atoms with van der Waals surface area (Å²) in [6.45, 7) is 0.676. The Kier molecular flexibility index (Phi) is 7.23. The van der Waals surface area contributed by atoms with Gasteiger partial charge in [0.05, 0.1) is 12.4 Å². The van der Waals surface area contributed by atoms with Crippen molar-refractivity contribution in [3.8, 4) is 0 Å². The summed E-state index contributed by atoms with van der Waals surface area (Å²) in [7, 11) is -3.57. The van der Waals surface area contributed by atoms with Crippen molar-refractivity contribution in [2.24, 2.45) is 0 Å². The van der Waals surface area contributed by atoms with Gasteiger partial charge in [0.15, 0.2) is 0 Å². The summed E-state index contributed by atoms with van der Waals surface area (Å²) >= 11 is 0. The Morgan fingerprint density at radius 2 is 1.61 bits per heavy atom. The molecule has 1 aliphatic heterocycles. The molecule has 5 nitrogen and oxygen atoms in total. The summed E-state index contributed by atoms with van der Waals surface area (Å²) in [5.41, 5.74) is 1.92. The highest BCUT2D eigenvalue weighted by Gasteiger charge is 2.37. The fraction of sp³-hybridized carbons (Fsp3) is 0.409. The summed E-state index contributed by atoms with van der Waals surface area (Å²) < 4.78 is 32.6. The van der Waals surface area contributed by atoms with Crippen molar-refractivity contribution in [1.29, 1.82) is 0 Å². The Bertz CT molecular complexity index is 853. The Hall–Kier alpha value is -2.18. The second kappa shape index (κ2) is 9.85. The van der Waals surface area contributed by atoms with E-state index in [2.05, 4.69) is 0 Å².